The molecule has 2 heterocycles. The van der Waals surface area contributed by atoms with Crippen LogP contribution in [-0.4, -0.2) is 60.5 Å². The largest absolute Gasteiger partial charge is 0.454 e. The summed E-state index contributed by atoms with van der Waals surface area (Å²) in [6.45, 7) is 0.240. The van der Waals surface area contributed by atoms with Crippen molar-refractivity contribution in [3.63, 3.8) is 0 Å². The Morgan fingerprint density at radius 3 is 2.64 bits per heavy atom. The molecule has 4 amide bonds. The van der Waals surface area contributed by atoms with Gasteiger partial charge in [0.2, 0.25) is 30.4 Å². The number of hydrogen-bond donors (Lipinski definition) is 3. The maximum atomic E-state index is 13.3. The summed E-state index contributed by atoms with van der Waals surface area (Å²) in [5.74, 6) is -0.688. The summed E-state index contributed by atoms with van der Waals surface area (Å²) in [5.41, 5.74) is 7.06. The first kappa shape index (κ1) is 24.8. The van der Waals surface area contributed by atoms with E-state index in [0.717, 1.165) is 11.1 Å². The first-order valence-corrected chi connectivity index (χ1v) is 11.7. The standard InChI is InChI=1S/C26H28N4O6/c27-25(33)20-7-4-12-30(20)26(34)19(13-17-5-2-1-3-6-17)29-24(32)15-28-23(31)11-9-18-8-10-21-22(14-18)36-16-35-21/h1-3,5-6,8-11,14,19-20H,4,7,12-13,15-16H2,(H2,27,33)(H,28,31)(H,29,32)/b11-9+/t19-,20-/m0/s1. The number of amides is 4. The number of nitrogens with one attached hydrogen (secondary N) is 2. The lowest BCUT2D eigenvalue weighted by molar-refractivity contribution is -0.140. The molecule has 188 valence electrons. The van der Waals surface area contributed by atoms with Gasteiger partial charge in [-0.3, -0.25) is 19.2 Å². The van der Waals surface area contributed by atoms with Crippen molar-refractivity contribution in [2.24, 2.45) is 5.73 Å². The molecule has 0 radical (unpaired) electrons. The third kappa shape index (κ3) is 6.21. The van der Waals surface area contributed by atoms with E-state index in [-0.39, 0.29) is 25.7 Å². The molecule has 4 rings (SSSR count). The van der Waals surface area contributed by atoms with Crippen molar-refractivity contribution in [3.05, 3.63) is 65.7 Å². The second kappa shape index (κ2) is 11.4. The van der Waals surface area contributed by atoms with Gasteiger partial charge in [0, 0.05) is 19.0 Å². The van der Waals surface area contributed by atoms with Crippen LogP contribution in [0, 0.1) is 0 Å². The van der Waals surface area contributed by atoms with E-state index in [1.165, 1.54) is 11.0 Å². The number of nitrogens with zero attached hydrogens (tertiary/aromatic N) is 1. The number of ether oxygens (including phenoxy) is 2. The summed E-state index contributed by atoms with van der Waals surface area (Å²) < 4.78 is 10.6. The molecule has 0 saturated carbocycles. The second-order valence-electron chi connectivity index (χ2n) is 8.57. The summed E-state index contributed by atoms with van der Waals surface area (Å²) in [5, 5.41) is 5.22. The minimum absolute atomic E-state index is 0.160. The van der Waals surface area contributed by atoms with Crippen LogP contribution in [0.25, 0.3) is 6.08 Å². The van der Waals surface area contributed by atoms with Crippen LogP contribution in [-0.2, 0) is 25.6 Å². The third-order valence-electron chi connectivity index (χ3n) is 6.03. The zero-order valence-corrected chi connectivity index (χ0v) is 19.6. The Bertz CT molecular complexity index is 1170. The Morgan fingerprint density at radius 2 is 1.86 bits per heavy atom. The highest BCUT2D eigenvalue weighted by molar-refractivity contribution is 5.96. The van der Waals surface area contributed by atoms with Gasteiger partial charge in [0.25, 0.3) is 0 Å². The number of nitrogens with two attached hydrogens (primary N) is 1. The predicted octanol–water partition coefficient (Wildman–Crippen LogP) is 0.749. The fourth-order valence-electron chi connectivity index (χ4n) is 4.24. The van der Waals surface area contributed by atoms with Crippen molar-refractivity contribution < 1.29 is 28.7 Å². The topological polar surface area (TPSA) is 140 Å². The number of likely N-dealkylation sites (tertiary alicyclic amines) is 1. The Morgan fingerprint density at radius 1 is 1.08 bits per heavy atom. The molecule has 0 unspecified atom stereocenters. The lowest BCUT2D eigenvalue weighted by Gasteiger charge is -2.28. The zero-order valence-electron chi connectivity index (χ0n) is 19.6. The van der Waals surface area contributed by atoms with Gasteiger partial charge in [0.15, 0.2) is 11.5 Å². The fraction of sp³-hybridized carbons (Fsp3) is 0.308. The van der Waals surface area contributed by atoms with Crippen molar-refractivity contribution in [1.82, 2.24) is 15.5 Å². The number of benzene rings is 2. The van der Waals surface area contributed by atoms with E-state index in [4.69, 9.17) is 15.2 Å². The van der Waals surface area contributed by atoms with E-state index >= 15 is 0 Å². The normalized spacial score (nSPS) is 17.1. The predicted molar refractivity (Wildman–Crippen MR) is 131 cm³/mol. The summed E-state index contributed by atoms with van der Waals surface area (Å²) in [7, 11) is 0. The molecule has 2 aliphatic rings. The Hall–Kier alpha value is -4.34. The van der Waals surface area contributed by atoms with Crippen molar-refractivity contribution in [2.75, 3.05) is 19.9 Å². The van der Waals surface area contributed by atoms with Crippen LogP contribution < -0.4 is 25.8 Å². The van der Waals surface area contributed by atoms with Crippen LogP contribution in [0.1, 0.15) is 24.0 Å². The summed E-state index contributed by atoms with van der Waals surface area (Å²) >= 11 is 0. The number of carbonyl (C=O) groups excluding carboxylic acids is 4. The summed E-state index contributed by atoms with van der Waals surface area (Å²) in [6.07, 6.45) is 4.30. The number of hydrogen-bond acceptors (Lipinski definition) is 6. The number of carbonyl (C=O) groups is 4. The van der Waals surface area contributed by atoms with Gasteiger partial charge in [-0.2, -0.15) is 0 Å². The molecule has 0 spiro atoms. The van der Waals surface area contributed by atoms with Crippen LogP contribution in [0.4, 0.5) is 0 Å². The molecule has 36 heavy (non-hydrogen) atoms. The van der Waals surface area contributed by atoms with Crippen molar-refractivity contribution in [3.8, 4) is 11.5 Å². The van der Waals surface area contributed by atoms with Gasteiger partial charge < -0.3 is 30.7 Å². The van der Waals surface area contributed by atoms with Crippen molar-refractivity contribution in [2.45, 2.75) is 31.3 Å². The van der Waals surface area contributed by atoms with Crippen LogP contribution in [0.2, 0.25) is 0 Å². The molecular formula is C26H28N4O6. The highest BCUT2D eigenvalue weighted by atomic mass is 16.7. The molecule has 0 aliphatic carbocycles. The smallest absolute Gasteiger partial charge is 0.246 e. The Labute approximate surface area is 208 Å². The van der Waals surface area contributed by atoms with Crippen LogP contribution >= 0.6 is 0 Å². The minimum Gasteiger partial charge on any atom is -0.454 e. The number of rotatable bonds is 9. The first-order valence-electron chi connectivity index (χ1n) is 11.7. The van der Waals surface area contributed by atoms with Crippen molar-refractivity contribution >= 4 is 29.7 Å². The quantitative estimate of drug-likeness (QED) is 0.442. The molecule has 2 aliphatic heterocycles. The van der Waals surface area contributed by atoms with Gasteiger partial charge in [-0.15, -0.1) is 0 Å². The molecule has 4 N–H and O–H groups in total. The third-order valence-corrected chi connectivity index (χ3v) is 6.03. The van der Waals surface area contributed by atoms with E-state index in [2.05, 4.69) is 10.6 Å². The van der Waals surface area contributed by atoms with Crippen LogP contribution in [0.15, 0.2) is 54.6 Å². The fourth-order valence-corrected chi connectivity index (χ4v) is 4.24. The van der Waals surface area contributed by atoms with Gasteiger partial charge >= 0.3 is 0 Å². The van der Waals surface area contributed by atoms with E-state index in [9.17, 15) is 19.2 Å². The SMILES string of the molecule is NC(=O)[C@@H]1CCCN1C(=O)[C@H](Cc1ccccc1)NC(=O)CNC(=O)/C=C/c1ccc2c(c1)OCO2. The minimum atomic E-state index is -0.902. The number of primary amides is 1. The molecule has 0 bridgehead atoms. The van der Waals surface area contributed by atoms with Crippen molar-refractivity contribution in [1.29, 1.82) is 0 Å². The lowest BCUT2D eigenvalue weighted by Crippen LogP contribution is -2.54. The monoisotopic (exact) mass is 492 g/mol. The molecule has 2 atom stereocenters. The molecule has 2 aromatic rings. The molecule has 1 saturated heterocycles. The Balaban J connectivity index is 1.35. The molecule has 10 nitrogen and oxygen atoms in total. The van der Waals surface area contributed by atoms with Crippen LogP contribution in [0.3, 0.4) is 0 Å². The van der Waals surface area contributed by atoms with Gasteiger partial charge in [0.1, 0.15) is 12.1 Å². The van der Waals surface area contributed by atoms with E-state index in [0.29, 0.717) is 30.9 Å². The van der Waals surface area contributed by atoms with Gasteiger partial charge in [0.05, 0.1) is 6.54 Å². The number of fused-ring (bicyclic) bond motifs is 1. The van der Waals surface area contributed by atoms with Gasteiger partial charge in [-0.25, -0.2) is 0 Å². The molecule has 2 aromatic carbocycles. The second-order valence-corrected chi connectivity index (χ2v) is 8.57. The lowest BCUT2D eigenvalue weighted by atomic mass is 10.0. The van der Waals surface area contributed by atoms with Crippen LogP contribution in [0.5, 0.6) is 11.5 Å². The molecule has 0 aromatic heterocycles. The van der Waals surface area contributed by atoms with Gasteiger partial charge in [-0.05, 0) is 42.2 Å². The molecule has 10 heteroatoms. The summed E-state index contributed by atoms with van der Waals surface area (Å²) in [6, 6.07) is 12.9. The maximum Gasteiger partial charge on any atom is 0.246 e. The Kier molecular flexibility index (Phi) is 7.84. The average molecular weight is 493 g/mol. The highest BCUT2D eigenvalue weighted by Crippen LogP contribution is 2.32. The maximum absolute atomic E-state index is 13.3. The average Bonchev–Trinajstić information content (AvgIpc) is 3.55. The summed E-state index contributed by atoms with van der Waals surface area (Å²) in [4.78, 5) is 51.4. The first-order chi connectivity index (χ1) is 17.4. The van der Waals surface area contributed by atoms with E-state index in [1.807, 2.05) is 30.3 Å². The van der Waals surface area contributed by atoms with Gasteiger partial charge in [-0.1, -0.05) is 36.4 Å². The van der Waals surface area contributed by atoms with E-state index < -0.39 is 29.8 Å². The highest BCUT2D eigenvalue weighted by Gasteiger charge is 2.36. The molecule has 1 fully saturated rings. The zero-order chi connectivity index (χ0) is 25.5. The molecular weight excluding hydrogens is 464 g/mol. The van der Waals surface area contributed by atoms with E-state index in [1.54, 1.807) is 24.3 Å².